The van der Waals surface area contributed by atoms with Gasteiger partial charge >= 0.3 is 6.03 Å². The van der Waals surface area contributed by atoms with Gasteiger partial charge in [-0.25, -0.2) is 4.79 Å². The fraction of sp³-hybridized carbons (Fsp3) is 0.294. The molecule has 1 saturated heterocycles. The molecular formula is C17H18N2O3S. The number of carbonyl (C=O) groups is 2. The van der Waals surface area contributed by atoms with E-state index in [-0.39, 0.29) is 25.1 Å². The number of nitrogens with one attached hydrogen (secondary N) is 1. The minimum absolute atomic E-state index is 0.221. The number of imide groups is 1. The van der Waals surface area contributed by atoms with E-state index in [1.807, 2.05) is 48.0 Å². The Morgan fingerprint density at radius 1 is 1.26 bits per heavy atom. The summed E-state index contributed by atoms with van der Waals surface area (Å²) in [5.41, 5.74) is 0.843. The summed E-state index contributed by atoms with van der Waals surface area (Å²) in [6.45, 7) is 4.18. The molecule has 1 N–H and O–H groups in total. The van der Waals surface area contributed by atoms with Crippen LogP contribution in [-0.2, 0) is 10.3 Å². The smallest absolute Gasteiger partial charge is 0.325 e. The zero-order valence-corrected chi connectivity index (χ0v) is 13.9. The van der Waals surface area contributed by atoms with Crippen molar-refractivity contribution in [3.05, 3.63) is 52.2 Å². The molecule has 120 valence electrons. The largest absolute Gasteiger partial charge is 0.491 e. The molecule has 1 unspecified atom stereocenters. The van der Waals surface area contributed by atoms with Gasteiger partial charge in [-0.3, -0.25) is 9.69 Å². The van der Waals surface area contributed by atoms with Crippen molar-refractivity contribution < 1.29 is 14.3 Å². The molecule has 6 heteroatoms. The molecule has 2 aromatic rings. The van der Waals surface area contributed by atoms with Crippen LogP contribution < -0.4 is 10.1 Å². The lowest BCUT2D eigenvalue weighted by molar-refractivity contribution is -0.131. The van der Waals surface area contributed by atoms with Gasteiger partial charge in [-0.1, -0.05) is 18.2 Å². The normalized spacial score (nSPS) is 20.7. The molecule has 3 amide bonds. The van der Waals surface area contributed by atoms with Crippen molar-refractivity contribution in [1.29, 1.82) is 0 Å². The van der Waals surface area contributed by atoms with Gasteiger partial charge in [-0.05, 0) is 47.9 Å². The number of amides is 3. The summed E-state index contributed by atoms with van der Waals surface area (Å²) < 4.78 is 5.68. The summed E-state index contributed by atoms with van der Waals surface area (Å²) in [7, 11) is 0. The summed E-state index contributed by atoms with van der Waals surface area (Å²) >= 11 is 1.50. The Labute approximate surface area is 138 Å². The van der Waals surface area contributed by atoms with Crippen molar-refractivity contribution in [2.45, 2.75) is 19.4 Å². The van der Waals surface area contributed by atoms with Gasteiger partial charge < -0.3 is 10.1 Å². The number of benzene rings is 1. The number of para-hydroxylation sites is 1. The maximum Gasteiger partial charge on any atom is 0.325 e. The van der Waals surface area contributed by atoms with Gasteiger partial charge in [-0.15, -0.1) is 0 Å². The lowest BCUT2D eigenvalue weighted by atomic mass is 9.95. The lowest BCUT2D eigenvalue weighted by Crippen LogP contribution is -2.41. The van der Waals surface area contributed by atoms with Crippen molar-refractivity contribution in [2.75, 3.05) is 13.2 Å². The maximum atomic E-state index is 12.6. The molecule has 1 aromatic carbocycles. The van der Waals surface area contributed by atoms with Crippen molar-refractivity contribution in [2.24, 2.45) is 0 Å². The molecule has 0 spiro atoms. The lowest BCUT2D eigenvalue weighted by Gasteiger charge is -2.20. The van der Waals surface area contributed by atoms with E-state index >= 15 is 0 Å². The molecule has 1 aliphatic rings. The molecule has 0 radical (unpaired) electrons. The van der Waals surface area contributed by atoms with Crippen LogP contribution in [0.25, 0.3) is 0 Å². The molecule has 3 rings (SSSR count). The van der Waals surface area contributed by atoms with E-state index in [2.05, 4.69) is 5.32 Å². The van der Waals surface area contributed by atoms with Crippen LogP contribution in [0.3, 0.4) is 0 Å². The van der Waals surface area contributed by atoms with Gasteiger partial charge in [0, 0.05) is 0 Å². The molecule has 0 bridgehead atoms. The molecule has 0 aliphatic carbocycles. The highest BCUT2D eigenvalue weighted by atomic mass is 32.1. The Hall–Kier alpha value is -2.34. The minimum atomic E-state index is -0.986. The second kappa shape index (κ2) is 6.04. The Morgan fingerprint density at radius 2 is 2.04 bits per heavy atom. The molecule has 5 nitrogen and oxygen atoms in total. The third kappa shape index (κ3) is 2.82. The van der Waals surface area contributed by atoms with Crippen LogP contribution in [0, 0.1) is 6.92 Å². The quantitative estimate of drug-likeness (QED) is 0.858. The number of aryl methyl sites for hydroxylation is 1. The zero-order chi connectivity index (χ0) is 16.4. The first-order valence-corrected chi connectivity index (χ1v) is 8.32. The SMILES string of the molecule is Cc1ccccc1OCCN1C(=O)NC(C)(c2ccsc2)C1=O. The number of rotatable bonds is 5. The van der Waals surface area contributed by atoms with E-state index < -0.39 is 5.54 Å². The van der Waals surface area contributed by atoms with E-state index in [9.17, 15) is 9.59 Å². The van der Waals surface area contributed by atoms with Gasteiger partial charge in [0.25, 0.3) is 5.91 Å². The van der Waals surface area contributed by atoms with Crippen molar-refractivity contribution >= 4 is 23.3 Å². The highest BCUT2D eigenvalue weighted by molar-refractivity contribution is 7.08. The number of carbonyl (C=O) groups excluding carboxylic acids is 2. The number of ether oxygens (including phenoxy) is 1. The molecule has 1 aliphatic heterocycles. The van der Waals surface area contributed by atoms with E-state index in [4.69, 9.17) is 4.74 Å². The van der Waals surface area contributed by atoms with Gasteiger partial charge in [0.15, 0.2) is 0 Å². The van der Waals surface area contributed by atoms with Crippen LogP contribution in [-0.4, -0.2) is 30.0 Å². The first-order chi connectivity index (χ1) is 11.0. The average Bonchev–Trinajstić information content (AvgIpc) is 3.13. The molecule has 1 fully saturated rings. The summed E-state index contributed by atoms with van der Waals surface area (Å²) in [6.07, 6.45) is 0. The van der Waals surface area contributed by atoms with Crippen LogP contribution in [0.2, 0.25) is 0 Å². The van der Waals surface area contributed by atoms with Crippen LogP contribution in [0.15, 0.2) is 41.1 Å². The first-order valence-electron chi connectivity index (χ1n) is 7.37. The van der Waals surface area contributed by atoms with Crippen LogP contribution in [0.5, 0.6) is 5.75 Å². The topological polar surface area (TPSA) is 58.6 Å². The van der Waals surface area contributed by atoms with E-state index in [0.717, 1.165) is 16.9 Å². The maximum absolute atomic E-state index is 12.6. The van der Waals surface area contributed by atoms with Crippen molar-refractivity contribution in [3.63, 3.8) is 0 Å². The summed E-state index contributed by atoms with van der Waals surface area (Å²) in [5.74, 6) is 0.523. The fourth-order valence-electron chi connectivity index (χ4n) is 2.61. The Balaban J connectivity index is 1.66. The Bertz CT molecular complexity index is 729. The Morgan fingerprint density at radius 3 is 2.74 bits per heavy atom. The van der Waals surface area contributed by atoms with E-state index in [0.29, 0.717) is 0 Å². The third-order valence-electron chi connectivity index (χ3n) is 4.04. The molecule has 2 heterocycles. The highest BCUT2D eigenvalue weighted by Crippen LogP contribution is 2.30. The van der Waals surface area contributed by atoms with Crippen LogP contribution in [0.1, 0.15) is 18.1 Å². The van der Waals surface area contributed by atoms with Crippen molar-refractivity contribution in [1.82, 2.24) is 10.2 Å². The second-order valence-electron chi connectivity index (χ2n) is 5.64. The summed E-state index contributed by atoms with van der Waals surface area (Å²) in [5, 5.41) is 6.55. The van der Waals surface area contributed by atoms with Crippen LogP contribution >= 0.6 is 11.3 Å². The first kappa shape index (κ1) is 15.6. The summed E-state index contributed by atoms with van der Waals surface area (Å²) in [4.78, 5) is 26.0. The van der Waals surface area contributed by atoms with Gasteiger partial charge in [0.1, 0.15) is 17.9 Å². The minimum Gasteiger partial charge on any atom is -0.491 e. The predicted molar refractivity (Wildman–Crippen MR) is 88.6 cm³/mol. The number of hydrogen-bond donors (Lipinski definition) is 1. The Kier molecular flexibility index (Phi) is 4.09. The molecule has 0 saturated carbocycles. The second-order valence-corrected chi connectivity index (χ2v) is 6.42. The van der Waals surface area contributed by atoms with Gasteiger partial charge in [0.05, 0.1) is 6.54 Å². The predicted octanol–water partition coefficient (Wildman–Crippen LogP) is 2.90. The van der Waals surface area contributed by atoms with Gasteiger partial charge in [-0.2, -0.15) is 11.3 Å². The average molecular weight is 330 g/mol. The van der Waals surface area contributed by atoms with Crippen LogP contribution in [0.4, 0.5) is 4.79 Å². The summed E-state index contributed by atoms with van der Waals surface area (Å²) in [6, 6.07) is 9.14. The highest BCUT2D eigenvalue weighted by Gasteiger charge is 2.48. The van der Waals surface area contributed by atoms with Crippen molar-refractivity contribution in [3.8, 4) is 5.75 Å². The number of urea groups is 1. The molecule has 23 heavy (non-hydrogen) atoms. The molecule has 1 aromatic heterocycles. The van der Waals surface area contributed by atoms with Gasteiger partial charge in [0.2, 0.25) is 0 Å². The monoisotopic (exact) mass is 330 g/mol. The zero-order valence-electron chi connectivity index (χ0n) is 13.0. The number of thiophene rings is 1. The molecular weight excluding hydrogens is 312 g/mol. The standard InChI is InChI=1S/C17H18N2O3S/c1-12-5-3-4-6-14(12)22-9-8-19-15(20)17(2,18-16(19)21)13-7-10-23-11-13/h3-7,10-11H,8-9H2,1-2H3,(H,18,21). The van der Waals surface area contributed by atoms with E-state index in [1.165, 1.54) is 16.2 Å². The number of nitrogens with zero attached hydrogens (tertiary/aromatic N) is 1. The molecule has 1 atom stereocenters. The fourth-order valence-corrected chi connectivity index (χ4v) is 3.37. The third-order valence-corrected chi connectivity index (χ3v) is 4.72. The van der Waals surface area contributed by atoms with E-state index in [1.54, 1.807) is 6.92 Å². The number of hydrogen-bond acceptors (Lipinski definition) is 4.